The predicted octanol–water partition coefficient (Wildman–Crippen LogP) is 2.02. The number of nitrogens with two attached hydrogens (primary N) is 1. The molecule has 0 spiro atoms. The van der Waals surface area contributed by atoms with E-state index in [0.717, 1.165) is 22.1 Å². The molecule has 2 aromatic rings. The van der Waals surface area contributed by atoms with Gasteiger partial charge in [0.15, 0.2) is 11.5 Å². The molecule has 1 aromatic carbocycles. The fourth-order valence-electron chi connectivity index (χ4n) is 1.50. The summed E-state index contributed by atoms with van der Waals surface area (Å²) in [5, 5.41) is 8.89. The first-order chi connectivity index (χ1) is 8.31. The van der Waals surface area contributed by atoms with Crippen LogP contribution in [0.4, 0.5) is 5.13 Å². The third-order valence-corrected chi connectivity index (χ3v) is 2.99. The van der Waals surface area contributed by atoms with E-state index in [4.69, 9.17) is 15.2 Å². The molecule has 0 unspecified atom stereocenters. The first-order valence-corrected chi connectivity index (χ1v) is 5.79. The van der Waals surface area contributed by atoms with Crippen LogP contribution < -0.4 is 15.2 Å². The van der Waals surface area contributed by atoms with Gasteiger partial charge in [-0.25, -0.2) is 0 Å². The zero-order valence-electron chi connectivity index (χ0n) is 8.79. The Morgan fingerprint density at radius 1 is 1.18 bits per heavy atom. The summed E-state index contributed by atoms with van der Waals surface area (Å²) in [6, 6.07) is 5.76. The highest BCUT2D eigenvalue weighted by Crippen LogP contribution is 2.33. The van der Waals surface area contributed by atoms with Gasteiger partial charge in [0.2, 0.25) is 11.9 Å². The highest BCUT2D eigenvalue weighted by atomic mass is 32.1. The van der Waals surface area contributed by atoms with Crippen LogP contribution >= 0.6 is 11.3 Å². The summed E-state index contributed by atoms with van der Waals surface area (Å²) < 4.78 is 10.5. The topological polar surface area (TPSA) is 70.3 Å². The Labute approximate surface area is 102 Å². The molecule has 3 rings (SSSR count). The maximum Gasteiger partial charge on any atom is 0.231 e. The quantitative estimate of drug-likeness (QED) is 0.879. The molecule has 0 radical (unpaired) electrons. The minimum Gasteiger partial charge on any atom is -0.454 e. The maximum atomic E-state index is 5.50. The lowest BCUT2D eigenvalue weighted by Crippen LogP contribution is -1.92. The van der Waals surface area contributed by atoms with E-state index in [1.54, 1.807) is 0 Å². The summed E-state index contributed by atoms with van der Waals surface area (Å²) in [4.78, 5) is 0. The lowest BCUT2D eigenvalue weighted by Gasteiger charge is -1.96. The van der Waals surface area contributed by atoms with Crippen LogP contribution in [0.25, 0.3) is 12.2 Å². The van der Waals surface area contributed by atoms with Gasteiger partial charge in [-0.15, -0.1) is 10.2 Å². The van der Waals surface area contributed by atoms with Crippen molar-refractivity contribution < 1.29 is 9.47 Å². The van der Waals surface area contributed by atoms with Gasteiger partial charge in [0, 0.05) is 0 Å². The first-order valence-electron chi connectivity index (χ1n) is 4.98. The van der Waals surface area contributed by atoms with Crippen LogP contribution in [0.2, 0.25) is 0 Å². The van der Waals surface area contributed by atoms with Crippen LogP contribution in [0.5, 0.6) is 11.5 Å². The molecule has 5 nitrogen and oxygen atoms in total. The summed E-state index contributed by atoms with van der Waals surface area (Å²) in [6.07, 6.45) is 3.80. The van der Waals surface area contributed by atoms with Crippen LogP contribution in [-0.2, 0) is 0 Å². The molecular formula is C11H9N3O2S. The number of benzene rings is 1. The largest absolute Gasteiger partial charge is 0.454 e. The minimum atomic E-state index is 0.287. The molecule has 1 aliphatic rings. The monoisotopic (exact) mass is 247 g/mol. The Kier molecular flexibility index (Phi) is 2.41. The van der Waals surface area contributed by atoms with Crippen molar-refractivity contribution in [1.29, 1.82) is 0 Å². The van der Waals surface area contributed by atoms with Gasteiger partial charge in [-0.05, 0) is 23.8 Å². The van der Waals surface area contributed by atoms with Gasteiger partial charge < -0.3 is 15.2 Å². The average Bonchev–Trinajstić information content (AvgIpc) is 2.94. The van der Waals surface area contributed by atoms with E-state index in [1.165, 1.54) is 11.3 Å². The van der Waals surface area contributed by atoms with Crippen molar-refractivity contribution in [2.45, 2.75) is 0 Å². The van der Waals surface area contributed by atoms with Crippen molar-refractivity contribution >= 4 is 28.6 Å². The summed E-state index contributed by atoms with van der Waals surface area (Å²) >= 11 is 1.35. The second-order valence-corrected chi connectivity index (χ2v) is 4.47. The lowest BCUT2D eigenvalue weighted by atomic mass is 10.2. The van der Waals surface area contributed by atoms with Gasteiger partial charge in [0.05, 0.1) is 0 Å². The molecule has 2 heterocycles. The van der Waals surface area contributed by atoms with Crippen LogP contribution in [-0.4, -0.2) is 17.0 Å². The van der Waals surface area contributed by atoms with Gasteiger partial charge in [0.25, 0.3) is 0 Å². The number of anilines is 1. The lowest BCUT2D eigenvalue weighted by molar-refractivity contribution is 0.174. The average molecular weight is 247 g/mol. The maximum absolute atomic E-state index is 5.50. The van der Waals surface area contributed by atoms with Gasteiger partial charge in [-0.2, -0.15) is 0 Å². The van der Waals surface area contributed by atoms with Crippen molar-refractivity contribution in [2.24, 2.45) is 0 Å². The number of rotatable bonds is 2. The molecule has 0 saturated carbocycles. The highest BCUT2D eigenvalue weighted by Gasteiger charge is 2.12. The van der Waals surface area contributed by atoms with E-state index < -0.39 is 0 Å². The van der Waals surface area contributed by atoms with Gasteiger partial charge in [-0.3, -0.25) is 0 Å². The third-order valence-electron chi connectivity index (χ3n) is 2.27. The van der Waals surface area contributed by atoms with E-state index in [-0.39, 0.29) is 6.79 Å². The fraction of sp³-hybridized carbons (Fsp3) is 0.0909. The van der Waals surface area contributed by atoms with Crippen molar-refractivity contribution in [3.63, 3.8) is 0 Å². The molecule has 0 atom stereocenters. The molecule has 1 aromatic heterocycles. The van der Waals surface area contributed by atoms with Gasteiger partial charge in [0.1, 0.15) is 5.01 Å². The summed E-state index contributed by atoms with van der Waals surface area (Å²) in [7, 11) is 0. The first kappa shape index (κ1) is 10.1. The zero-order chi connectivity index (χ0) is 11.7. The number of hydrogen-bond acceptors (Lipinski definition) is 6. The molecular weight excluding hydrogens is 238 g/mol. The number of nitrogens with zero attached hydrogens (tertiary/aromatic N) is 2. The Bertz CT molecular complexity index is 580. The molecule has 0 aliphatic carbocycles. The number of ether oxygens (including phenoxy) is 2. The van der Waals surface area contributed by atoms with Crippen LogP contribution in [0.15, 0.2) is 18.2 Å². The Morgan fingerprint density at radius 3 is 2.88 bits per heavy atom. The van der Waals surface area contributed by atoms with Crippen molar-refractivity contribution in [1.82, 2.24) is 10.2 Å². The Morgan fingerprint density at radius 2 is 2.06 bits per heavy atom. The molecule has 86 valence electrons. The van der Waals surface area contributed by atoms with E-state index in [0.29, 0.717) is 5.13 Å². The predicted molar refractivity (Wildman–Crippen MR) is 65.8 cm³/mol. The zero-order valence-corrected chi connectivity index (χ0v) is 9.61. The van der Waals surface area contributed by atoms with Gasteiger partial charge in [-0.1, -0.05) is 23.5 Å². The molecule has 17 heavy (non-hydrogen) atoms. The number of fused-ring (bicyclic) bond motifs is 1. The fourth-order valence-corrected chi connectivity index (χ4v) is 2.01. The van der Waals surface area contributed by atoms with E-state index in [1.807, 2.05) is 30.4 Å². The molecule has 1 aliphatic heterocycles. The van der Waals surface area contributed by atoms with Gasteiger partial charge >= 0.3 is 0 Å². The molecule has 0 amide bonds. The summed E-state index contributed by atoms with van der Waals surface area (Å²) in [5.74, 6) is 1.55. The van der Waals surface area contributed by atoms with E-state index in [2.05, 4.69) is 10.2 Å². The molecule has 6 heteroatoms. The van der Waals surface area contributed by atoms with Crippen molar-refractivity contribution in [3.05, 3.63) is 28.8 Å². The molecule has 0 saturated heterocycles. The molecule has 0 fully saturated rings. The number of aromatic nitrogens is 2. The second-order valence-electron chi connectivity index (χ2n) is 3.42. The smallest absolute Gasteiger partial charge is 0.231 e. The second kappa shape index (κ2) is 4.06. The molecule has 2 N–H and O–H groups in total. The van der Waals surface area contributed by atoms with E-state index in [9.17, 15) is 0 Å². The SMILES string of the molecule is Nc1nnc(C=Cc2ccc3c(c2)OCO3)s1. The molecule has 0 bridgehead atoms. The number of nitrogen functional groups attached to an aromatic ring is 1. The van der Waals surface area contributed by atoms with Crippen molar-refractivity contribution in [3.8, 4) is 11.5 Å². The standard InChI is InChI=1S/C11H9N3O2S/c12-11-14-13-10(17-11)4-2-7-1-3-8-9(5-7)16-6-15-8/h1-5H,6H2,(H2,12,14). The Hall–Kier alpha value is -2.08. The van der Waals surface area contributed by atoms with Crippen LogP contribution in [0, 0.1) is 0 Å². The third kappa shape index (κ3) is 2.07. The highest BCUT2D eigenvalue weighted by molar-refractivity contribution is 7.15. The van der Waals surface area contributed by atoms with Crippen LogP contribution in [0.3, 0.4) is 0 Å². The van der Waals surface area contributed by atoms with Crippen LogP contribution in [0.1, 0.15) is 10.6 Å². The summed E-state index contributed by atoms with van der Waals surface area (Å²) in [6.45, 7) is 0.287. The van der Waals surface area contributed by atoms with E-state index >= 15 is 0 Å². The van der Waals surface area contributed by atoms with Crippen molar-refractivity contribution in [2.75, 3.05) is 12.5 Å². The summed E-state index contributed by atoms with van der Waals surface area (Å²) in [5.41, 5.74) is 6.51. The normalized spacial score (nSPS) is 13.4. The number of hydrogen-bond donors (Lipinski definition) is 1. The minimum absolute atomic E-state index is 0.287. The Balaban J connectivity index is 1.83.